The van der Waals surface area contributed by atoms with Crippen molar-refractivity contribution in [1.82, 2.24) is 0 Å². The SMILES string of the molecule is COCCC1=B[C@@H]2OCC(OC)[C@@H]12. The molecular formula is C9H15BO3. The maximum atomic E-state index is 5.52. The van der Waals surface area contributed by atoms with E-state index in [4.69, 9.17) is 14.2 Å². The number of hydrogen-bond acceptors (Lipinski definition) is 3. The summed E-state index contributed by atoms with van der Waals surface area (Å²) in [6, 6.07) is 0.316. The average molecular weight is 182 g/mol. The van der Waals surface area contributed by atoms with E-state index in [9.17, 15) is 0 Å². The molecule has 0 aliphatic carbocycles. The van der Waals surface area contributed by atoms with Gasteiger partial charge in [-0.1, -0.05) is 0 Å². The normalized spacial score (nSPS) is 36.2. The Morgan fingerprint density at radius 2 is 2.38 bits per heavy atom. The van der Waals surface area contributed by atoms with Gasteiger partial charge in [-0.15, -0.1) is 0 Å². The van der Waals surface area contributed by atoms with Crippen molar-refractivity contribution < 1.29 is 14.2 Å². The number of rotatable bonds is 4. The summed E-state index contributed by atoms with van der Waals surface area (Å²) in [6.07, 6.45) is 1.28. The Morgan fingerprint density at radius 3 is 3.08 bits per heavy atom. The molecule has 0 N–H and O–H groups in total. The van der Waals surface area contributed by atoms with Gasteiger partial charge in [0.2, 0.25) is 0 Å². The van der Waals surface area contributed by atoms with Gasteiger partial charge in [0, 0.05) is 0 Å². The molecule has 0 aromatic rings. The summed E-state index contributed by atoms with van der Waals surface area (Å²) in [7, 11) is 3.48. The molecule has 2 rings (SSSR count). The van der Waals surface area contributed by atoms with E-state index in [1.165, 1.54) is 5.46 Å². The average Bonchev–Trinajstić information content (AvgIpc) is 2.43. The number of fused-ring (bicyclic) bond motifs is 1. The quantitative estimate of drug-likeness (QED) is 0.568. The molecule has 3 atom stereocenters. The fourth-order valence-electron chi connectivity index (χ4n) is 2.11. The van der Waals surface area contributed by atoms with Crippen molar-refractivity contribution in [2.75, 3.05) is 27.4 Å². The minimum atomic E-state index is 0.266. The molecule has 0 saturated carbocycles. The van der Waals surface area contributed by atoms with E-state index in [2.05, 4.69) is 6.92 Å². The summed E-state index contributed by atoms with van der Waals surface area (Å²) in [5.74, 6) is 0.500. The first-order chi connectivity index (χ1) is 6.36. The second kappa shape index (κ2) is 3.90. The van der Waals surface area contributed by atoms with Gasteiger partial charge in [0.1, 0.15) is 0 Å². The summed E-state index contributed by atoms with van der Waals surface area (Å²) in [5.41, 5.74) is 1.44. The Kier molecular flexibility index (Phi) is 2.81. The van der Waals surface area contributed by atoms with Crippen LogP contribution in [0.2, 0.25) is 0 Å². The fraction of sp³-hybridized carbons (Fsp3) is 0.889. The molecule has 4 heteroatoms. The van der Waals surface area contributed by atoms with Crippen LogP contribution in [0, 0.1) is 5.92 Å². The standard InChI is InChI=1S/C9H15BO3/c1-11-4-3-6-8-7(12-2)5-13-9(8)10-6/h7-9H,3-5H2,1-2H3/t7?,8-,9-/m1/s1. The van der Waals surface area contributed by atoms with Crippen LogP contribution >= 0.6 is 0 Å². The van der Waals surface area contributed by atoms with Crippen LogP contribution in [0.1, 0.15) is 6.42 Å². The summed E-state index contributed by atoms with van der Waals surface area (Å²) >= 11 is 0. The molecule has 1 unspecified atom stereocenters. The van der Waals surface area contributed by atoms with Gasteiger partial charge in [0.25, 0.3) is 0 Å². The molecule has 1 fully saturated rings. The Balaban J connectivity index is 1.90. The number of hydrogen-bond donors (Lipinski definition) is 0. The van der Waals surface area contributed by atoms with Gasteiger partial charge in [-0.25, -0.2) is 0 Å². The van der Waals surface area contributed by atoms with Crippen LogP contribution in [-0.2, 0) is 14.2 Å². The van der Waals surface area contributed by atoms with Crippen molar-refractivity contribution in [3.05, 3.63) is 0 Å². The van der Waals surface area contributed by atoms with E-state index in [0.29, 0.717) is 11.9 Å². The molecule has 2 heterocycles. The molecule has 0 spiro atoms. The van der Waals surface area contributed by atoms with Crippen LogP contribution in [0.4, 0.5) is 0 Å². The monoisotopic (exact) mass is 182 g/mol. The predicted octanol–water partition coefficient (Wildman–Crippen LogP) is -0.0994. The molecule has 0 amide bonds. The van der Waals surface area contributed by atoms with Gasteiger partial charge >= 0.3 is 78.5 Å². The Bertz CT molecular complexity index is 217. The van der Waals surface area contributed by atoms with Crippen molar-refractivity contribution in [3.8, 4) is 0 Å². The number of ether oxygens (including phenoxy) is 3. The maximum absolute atomic E-state index is 5.52. The third kappa shape index (κ3) is 1.58. The van der Waals surface area contributed by atoms with Crippen molar-refractivity contribution in [3.63, 3.8) is 0 Å². The van der Waals surface area contributed by atoms with Gasteiger partial charge in [0.15, 0.2) is 0 Å². The summed E-state index contributed by atoms with van der Waals surface area (Å²) < 4.78 is 15.9. The van der Waals surface area contributed by atoms with Crippen LogP contribution in [0.25, 0.3) is 0 Å². The Labute approximate surface area is 79.3 Å². The van der Waals surface area contributed by atoms with Gasteiger partial charge in [-0.05, 0) is 0 Å². The van der Waals surface area contributed by atoms with E-state index < -0.39 is 0 Å². The molecule has 0 bridgehead atoms. The van der Waals surface area contributed by atoms with E-state index >= 15 is 0 Å². The van der Waals surface area contributed by atoms with E-state index in [-0.39, 0.29) is 6.10 Å². The summed E-state index contributed by atoms with van der Waals surface area (Å²) in [6.45, 7) is 3.73. The first-order valence-electron chi connectivity index (χ1n) is 4.70. The minimum absolute atomic E-state index is 0.266. The van der Waals surface area contributed by atoms with Crippen LogP contribution in [-0.4, -0.2) is 51.9 Å². The van der Waals surface area contributed by atoms with Crippen molar-refractivity contribution in [1.29, 1.82) is 0 Å². The van der Waals surface area contributed by atoms with E-state index in [1.807, 2.05) is 0 Å². The predicted molar refractivity (Wildman–Crippen MR) is 51.3 cm³/mol. The first kappa shape index (κ1) is 9.37. The Morgan fingerprint density at radius 1 is 1.54 bits per heavy atom. The molecule has 0 aromatic carbocycles. The molecular weight excluding hydrogens is 167 g/mol. The molecule has 72 valence electrons. The molecule has 3 nitrogen and oxygen atoms in total. The van der Waals surface area contributed by atoms with Gasteiger partial charge in [0.05, 0.1) is 0 Å². The van der Waals surface area contributed by atoms with Crippen molar-refractivity contribution in [2.24, 2.45) is 5.92 Å². The summed E-state index contributed by atoms with van der Waals surface area (Å²) in [4.78, 5) is 0. The fourth-order valence-corrected chi connectivity index (χ4v) is 2.11. The number of methoxy groups -OCH3 is 2. The summed E-state index contributed by atoms with van der Waals surface area (Å²) in [5, 5.41) is 0. The van der Waals surface area contributed by atoms with Crippen molar-refractivity contribution in [2.45, 2.75) is 18.5 Å². The molecule has 1 saturated heterocycles. The molecule has 0 radical (unpaired) electrons. The topological polar surface area (TPSA) is 27.7 Å². The van der Waals surface area contributed by atoms with Crippen LogP contribution in [0.5, 0.6) is 0 Å². The zero-order chi connectivity index (χ0) is 9.26. The molecule has 2 aliphatic rings. The van der Waals surface area contributed by atoms with E-state index in [1.54, 1.807) is 14.2 Å². The third-order valence-corrected chi connectivity index (χ3v) is 2.91. The van der Waals surface area contributed by atoms with Crippen molar-refractivity contribution >= 4 is 12.4 Å². The van der Waals surface area contributed by atoms with Crippen LogP contribution < -0.4 is 0 Å². The van der Waals surface area contributed by atoms with Gasteiger partial charge in [-0.2, -0.15) is 0 Å². The van der Waals surface area contributed by atoms with Gasteiger partial charge < -0.3 is 0 Å². The van der Waals surface area contributed by atoms with Crippen LogP contribution in [0.15, 0.2) is 0 Å². The Hall–Kier alpha value is -0.185. The molecule has 2 aliphatic heterocycles. The first-order valence-corrected chi connectivity index (χ1v) is 4.70. The third-order valence-electron chi connectivity index (χ3n) is 2.91. The second-order valence-corrected chi connectivity index (χ2v) is 3.58. The second-order valence-electron chi connectivity index (χ2n) is 3.58. The van der Waals surface area contributed by atoms with E-state index in [0.717, 1.165) is 19.6 Å². The zero-order valence-corrected chi connectivity index (χ0v) is 8.16. The van der Waals surface area contributed by atoms with Crippen LogP contribution in [0.3, 0.4) is 0 Å². The van der Waals surface area contributed by atoms with Gasteiger partial charge in [-0.3, -0.25) is 0 Å². The molecule has 13 heavy (non-hydrogen) atoms. The zero-order valence-electron chi connectivity index (χ0n) is 8.16. The molecule has 0 aromatic heterocycles.